The molecule has 1 aliphatic heterocycles. The molecule has 4 rings (SSSR count). The Morgan fingerprint density at radius 3 is 2.57 bits per heavy atom. The number of anilines is 1. The Balaban J connectivity index is 1.69. The lowest BCUT2D eigenvalue weighted by Gasteiger charge is -2.38. The molecule has 1 aromatic carbocycles. The number of amides is 1. The summed E-state index contributed by atoms with van der Waals surface area (Å²) in [6.45, 7) is 5.26. The number of carbonyl (C=O) groups is 1. The summed E-state index contributed by atoms with van der Waals surface area (Å²) >= 11 is 0. The molecule has 2 N–H and O–H groups in total. The smallest absolute Gasteiger partial charge is 0.383 e. The number of hydrogen-bond donors (Lipinski definition) is 1. The van der Waals surface area contributed by atoms with Crippen LogP contribution >= 0.6 is 0 Å². The number of benzene rings is 1. The van der Waals surface area contributed by atoms with Crippen molar-refractivity contribution in [1.29, 1.82) is 0 Å². The minimum absolute atomic E-state index is 0.0996. The maximum atomic E-state index is 13.9. The Labute approximate surface area is 202 Å². The van der Waals surface area contributed by atoms with Gasteiger partial charge in [0, 0.05) is 36.4 Å². The molecule has 0 bridgehead atoms. The highest BCUT2D eigenvalue weighted by molar-refractivity contribution is 5.98. The van der Waals surface area contributed by atoms with Crippen molar-refractivity contribution < 1.29 is 22.7 Å². The Kier molecular flexibility index (Phi) is 7.25. The number of nitrogens with two attached hydrogens (primary N) is 1. The van der Waals surface area contributed by atoms with Gasteiger partial charge in [0.2, 0.25) is 0 Å². The van der Waals surface area contributed by atoms with Crippen molar-refractivity contribution in [2.75, 3.05) is 18.9 Å². The third-order valence-electron chi connectivity index (χ3n) is 6.67. The number of aryl methyl sites for hydroxylation is 1. The van der Waals surface area contributed by atoms with Gasteiger partial charge in [0.1, 0.15) is 5.82 Å². The van der Waals surface area contributed by atoms with Crippen LogP contribution in [0.3, 0.4) is 0 Å². The molecular formula is C26H29F3N4O2. The van der Waals surface area contributed by atoms with Crippen LogP contribution in [0, 0.1) is 12.8 Å². The molecule has 35 heavy (non-hydrogen) atoms. The Bertz CT molecular complexity index is 1190. The monoisotopic (exact) mass is 486 g/mol. The normalized spacial score (nSPS) is 15.8. The number of alkyl halides is 3. The summed E-state index contributed by atoms with van der Waals surface area (Å²) in [5.74, 6) is 0.481. The average molecular weight is 487 g/mol. The molecule has 2 aromatic heterocycles. The molecule has 0 unspecified atom stereocenters. The first-order valence-corrected chi connectivity index (χ1v) is 11.7. The van der Waals surface area contributed by atoms with Crippen LogP contribution in [0.2, 0.25) is 0 Å². The van der Waals surface area contributed by atoms with Crippen LogP contribution in [-0.4, -0.2) is 40.0 Å². The number of carbonyl (C=O) groups excluding carboxylic acids is 1. The quantitative estimate of drug-likeness (QED) is 0.506. The van der Waals surface area contributed by atoms with Crippen LogP contribution in [0.25, 0.3) is 10.9 Å². The third-order valence-corrected chi connectivity index (χ3v) is 6.67. The number of hydrogen-bond acceptors (Lipinski definition) is 5. The van der Waals surface area contributed by atoms with Gasteiger partial charge < -0.3 is 15.4 Å². The molecule has 3 aromatic rings. The predicted molar refractivity (Wildman–Crippen MR) is 128 cm³/mol. The first-order chi connectivity index (χ1) is 16.7. The zero-order valence-corrected chi connectivity index (χ0v) is 19.8. The molecule has 1 saturated heterocycles. The summed E-state index contributed by atoms with van der Waals surface area (Å²) in [6.07, 6.45) is -1.29. The van der Waals surface area contributed by atoms with Crippen molar-refractivity contribution in [3.63, 3.8) is 0 Å². The number of halogens is 3. The molecule has 1 aliphatic rings. The van der Waals surface area contributed by atoms with E-state index in [1.165, 1.54) is 6.07 Å². The van der Waals surface area contributed by atoms with Crippen LogP contribution in [-0.2, 0) is 17.5 Å². The summed E-state index contributed by atoms with van der Waals surface area (Å²) < 4.78 is 44.5. The van der Waals surface area contributed by atoms with Crippen molar-refractivity contribution in [2.45, 2.75) is 51.9 Å². The van der Waals surface area contributed by atoms with E-state index in [9.17, 15) is 18.0 Å². The molecule has 1 fully saturated rings. The lowest BCUT2D eigenvalue weighted by Crippen LogP contribution is -2.45. The SMILES string of the molecule is CC[C@H](C1CCOCC1)N(Cc1ccc(C(F)(F)F)cn1)C(=O)c1ccc2nc(N)c(C)cc2c1. The van der Waals surface area contributed by atoms with Crippen molar-refractivity contribution in [1.82, 2.24) is 14.9 Å². The topological polar surface area (TPSA) is 81.3 Å². The average Bonchev–Trinajstić information content (AvgIpc) is 2.84. The molecule has 9 heteroatoms. The van der Waals surface area contributed by atoms with E-state index in [-0.39, 0.29) is 24.4 Å². The number of nitrogens with zero attached hydrogens (tertiary/aromatic N) is 3. The van der Waals surface area contributed by atoms with Gasteiger partial charge in [-0.05, 0) is 74.1 Å². The first kappa shape index (κ1) is 24.9. The van der Waals surface area contributed by atoms with E-state index in [2.05, 4.69) is 9.97 Å². The van der Waals surface area contributed by atoms with E-state index in [4.69, 9.17) is 10.5 Å². The lowest BCUT2D eigenvalue weighted by molar-refractivity contribution is -0.137. The second kappa shape index (κ2) is 10.2. The van der Waals surface area contributed by atoms with Gasteiger partial charge in [0.25, 0.3) is 5.91 Å². The fourth-order valence-electron chi connectivity index (χ4n) is 4.70. The van der Waals surface area contributed by atoms with Gasteiger partial charge >= 0.3 is 6.18 Å². The molecular weight excluding hydrogens is 457 g/mol. The number of nitrogen functional groups attached to an aromatic ring is 1. The fourth-order valence-corrected chi connectivity index (χ4v) is 4.70. The summed E-state index contributed by atoms with van der Waals surface area (Å²) in [4.78, 5) is 24.0. The molecule has 0 aliphatic carbocycles. The van der Waals surface area contributed by atoms with E-state index in [0.29, 0.717) is 42.2 Å². The maximum absolute atomic E-state index is 13.9. The van der Waals surface area contributed by atoms with Crippen LogP contribution in [0.15, 0.2) is 42.6 Å². The minimum Gasteiger partial charge on any atom is -0.383 e. The molecule has 0 spiro atoms. The molecule has 1 atom stereocenters. The highest BCUT2D eigenvalue weighted by Crippen LogP contribution is 2.31. The van der Waals surface area contributed by atoms with Gasteiger partial charge in [-0.25, -0.2) is 4.98 Å². The second-order valence-corrected chi connectivity index (χ2v) is 8.99. The minimum atomic E-state index is -4.46. The van der Waals surface area contributed by atoms with Crippen LogP contribution in [0.1, 0.15) is 53.4 Å². The fraction of sp³-hybridized carbons (Fsp3) is 0.423. The number of fused-ring (bicyclic) bond motifs is 1. The van der Waals surface area contributed by atoms with Gasteiger partial charge in [-0.15, -0.1) is 0 Å². The van der Waals surface area contributed by atoms with Gasteiger partial charge in [-0.3, -0.25) is 9.78 Å². The zero-order valence-electron chi connectivity index (χ0n) is 19.8. The molecule has 186 valence electrons. The standard InChI is InChI=1S/C26H29F3N4O2/c1-3-23(17-8-10-35-11-9-17)33(15-21-6-5-20(14-31-21)26(27,28)29)25(34)18-4-7-22-19(13-18)12-16(2)24(30)32-22/h4-7,12-14,17,23H,3,8-11,15H2,1-2H3,(H2,30,32)/t23-/m1/s1. The number of pyridine rings is 2. The zero-order chi connectivity index (χ0) is 25.2. The van der Waals surface area contributed by atoms with Crippen LogP contribution < -0.4 is 5.73 Å². The van der Waals surface area contributed by atoms with E-state index in [1.807, 2.05) is 19.9 Å². The van der Waals surface area contributed by atoms with Gasteiger partial charge in [-0.2, -0.15) is 13.2 Å². The first-order valence-electron chi connectivity index (χ1n) is 11.7. The van der Waals surface area contributed by atoms with E-state index in [0.717, 1.165) is 36.1 Å². The van der Waals surface area contributed by atoms with Gasteiger partial charge in [0.05, 0.1) is 23.3 Å². The van der Waals surface area contributed by atoms with Gasteiger partial charge in [0.15, 0.2) is 0 Å². The van der Waals surface area contributed by atoms with E-state index in [1.54, 1.807) is 23.1 Å². The summed E-state index contributed by atoms with van der Waals surface area (Å²) in [5.41, 5.74) is 7.51. The predicted octanol–water partition coefficient (Wildman–Crippen LogP) is 5.39. The number of rotatable bonds is 6. The second-order valence-electron chi connectivity index (χ2n) is 8.99. The Hall–Kier alpha value is -3.20. The summed E-state index contributed by atoms with van der Waals surface area (Å²) in [5, 5.41) is 0.800. The maximum Gasteiger partial charge on any atom is 0.417 e. The van der Waals surface area contributed by atoms with Gasteiger partial charge in [-0.1, -0.05) is 6.92 Å². The summed E-state index contributed by atoms with van der Waals surface area (Å²) in [7, 11) is 0. The van der Waals surface area contributed by atoms with Crippen molar-refractivity contribution in [3.8, 4) is 0 Å². The van der Waals surface area contributed by atoms with Crippen molar-refractivity contribution in [3.05, 3.63) is 65.0 Å². The highest BCUT2D eigenvalue weighted by atomic mass is 19.4. The Morgan fingerprint density at radius 2 is 1.94 bits per heavy atom. The molecule has 0 radical (unpaired) electrons. The van der Waals surface area contributed by atoms with Crippen LogP contribution in [0.4, 0.5) is 19.0 Å². The molecule has 6 nitrogen and oxygen atoms in total. The van der Waals surface area contributed by atoms with Crippen molar-refractivity contribution in [2.24, 2.45) is 5.92 Å². The largest absolute Gasteiger partial charge is 0.417 e. The lowest BCUT2D eigenvalue weighted by atomic mass is 9.88. The van der Waals surface area contributed by atoms with E-state index >= 15 is 0 Å². The van der Waals surface area contributed by atoms with Crippen LogP contribution in [0.5, 0.6) is 0 Å². The number of ether oxygens (including phenoxy) is 1. The molecule has 3 heterocycles. The Morgan fingerprint density at radius 1 is 1.20 bits per heavy atom. The molecule has 0 saturated carbocycles. The summed E-state index contributed by atoms with van der Waals surface area (Å²) in [6, 6.07) is 9.43. The van der Waals surface area contributed by atoms with Crippen molar-refractivity contribution >= 4 is 22.6 Å². The highest BCUT2D eigenvalue weighted by Gasteiger charge is 2.33. The molecule has 1 amide bonds. The number of aromatic nitrogens is 2. The van der Waals surface area contributed by atoms with E-state index < -0.39 is 11.7 Å². The third kappa shape index (κ3) is 5.56.